The Hall–Kier alpha value is -2.95. The number of aromatic amines is 1. The Labute approximate surface area is 171 Å². The largest absolute Gasteiger partial charge is 0.454 e. The van der Waals surface area contributed by atoms with E-state index in [0.717, 1.165) is 39.9 Å². The number of aryl methyl sites for hydroxylation is 1. The van der Waals surface area contributed by atoms with Crippen LogP contribution in [0.2, 0.25) is 0 Å². The summed E-state index contributed by atoms with van der Waals surface area (Å²) in [5.74, 6) is 1.42. The Balaban J connectivity index is 1.77. The van der Waals surface area contributed by atoms with Crippen LogP contribution in [0.4, 0.5) is 0 Å². The van der Waals surface area contributed by atoms with Gasteiger partial charge < -0.3 is 19.8 Å². The molecule has 1 unspecified atom stereocenters. The van der Waals surface area contributed by atoms with Crippen LogP contribution in [-0.2, 0) is 11.2 Å². The van der Waals surface area contributed by atoms with Crippen LogP contribution in [0.15, 0.2) is 42.6 Å². The minimum absolute atomic E-state index is 0.0289. The molecule has 29 heavy (non-hydrogen) atoms. The van der Waals surface area contributed by atoms with Gasteiger partial charge in [0.15, 0.2) is 11.5 Å². The molecule has 2 N–H and O–H groups in total. The maximum Gasteiger partial charge on any atom is 0.231 e. The number of amides is 1. The third kappa shape index (κ3) is 3.95. The zero-order chi connectivity index (χ0) is 20.6. The van der Waals surface area contributed by atoms with Crippen molar-refractivity contribution in [1.29, 1.82) is 0 Å². The molecule has 152 valence electrons. The summed E-state index contributed by atoms with van der Waals surface area (Å²) < 4.78 is 11.0. The zero-order valence-electron chi connectivity index (χ0n) is 17.5. The molecule has 2 heterocycles. The highest BCUT2D eigenvalue weighted by Gasteiger charge is 2.26. The van der Waals surface area contributed by atoms with Gasteiger partial charge in [-0.1, -0.05) is 31.2 Å². The summed E-state index contributed by atoms with van der Waals surface area (Å²) in [5, 5.41) is 4.26. The van der Waals surface area contributed by atoms with Crippen LogP contribution in [0, 0.1) is 0 Å². The van der Waals surface area contributed by atoms with E-state index < -0.39 is 0 Å². The van der Waals surface area contributed by atoms with E-state index in [9.17, 15) is 4.79 Å². The average molecular weight is 392 g/mol. The summed E-state index contributed by atoms with van der Waals surface area (Å²) >= 11 is 0. The van der Waals surface area contributed by atoms with Crippen molar-refractivity contribution >= 4 is 16.8 Å². The van der Waals surface area contributed by atoms with E-state index in [0.29, 0.717) is 6.42 Å². The van der Waals surface area contributed by atoms with E-state index in [1.807, 2.05) is 45.2 Å². The average Bonchev–Trinajstić information content (AvgIpc) is 3.30. The molecule has 3 aromatic rings. The van der Waals surface area contributed by atoms with Gasteiger partial charge >= 0.3 is 0 Å². The molecule has 0 spiro atoms. The zero-order valence-corrected chi connectivity index (χ0v) is 17.5. The molecule has 1 atom stereocenters. The molecule has 0 fully saturated rings. The molecule has 4 rings (SSSR count). The maximum atomic E-state index is 12.9. The Morgan fingerprint density at radius 1 is 1.17 bits per heavy atom. The summed E-state index contributed by atoms with van der Waals surface area (Å²) in [6, 6.07) is 12.3. The van der Waals surface area contributed by atoms with Crippen LogP contribution in [0.3, 0.4) is 0 Å². The van der Waals surface area contributed by atoms with Gasteiger partial charge in [-0.2, -0.15) is 0 Å². The first-order chi connectivity index (χ1) is 13.9. The van der Waals surface area contributed by atoms with Crippen LogP contribution in [-0.4, -0.2) is 23.2 Å². The minimum atomic E-state index is -0.272. The number of fused-ring (bicyclic) bond motifs is 2. The van der Waals surface area contributed by atoms with Gasteiger partial charge in [0.05, 0.1) is 0 Å². The first-order valence-corrected chi connectivity index (χ1v) is 10.1. The highest BCUT2D eigenvalue weighted by atomic mass is 16.7. The second-order valence-electron chi connectivity index (χ2n) is 8.60. The monoisotopic (exact) mass is 392 g/mol. The quantitative estimate of drug-likeness (QED) is 0.649. The van der Waals surface area contributed by atoms with Gasteiger partial charge in [0.25, 0.3) is 0 Å². The number of carbonyl (C=O) groups is 1. The van der Waals surface area contributed by atoms with Gasteiger partial charge in [-0.05, 0) is 56.0 Å². The van der Waals surface area contributed by atoms with E-state index in [2.05, 4.69) is 35.4 Å². The van der Waals surface area contributed by atoms with Gasteiger partial charge in [0.2, 0.25) is 12.7 Å². The minimum Gasteiger partial charge on any atom is -0.454 e. The fraction of sp³-hybridized carbons (Fsp3) is 0.375. The van der Waals surface area contributed by atoms with E-state index in [1.54, 1.807) is 0 Å². The summed E-state index contributed by atoms with van der Waals surface area (Å²) in [6.07, 6.45) is 3.36. The Kier molecular flexibility index (Phi) is 4.99. The van der Waals surface area contributed by atoms with E-state index >= 15 is 0 Å². The van der Waals surface area contributed by atoms with Gasteiger partial charge in [0.1, 0.15) is 0 Å². The summed E-state index contributed by atoms with van der Waals surface area (Å²) in [4.78, 5) is 16.3. The number of hydrogen-bond donors (Lipinski definition) is 2. The van der Waals surface area contributed by atoms with Gasteiger partial charge in [-0.25, -0.2) is 0 Å². The second-order valence-corrected chi connectivity index (χ2v) is 8.60. The van der Waals surface area contributed by atoms with Crippen LogP contribution < -0.4 is 14.8 Å². The number of rotatable bonds is 5. The fourth-order valence-corrected chi connectivity index (χ4v) is 4.01. The Bertz CT molecular complexity index is 1050. The second kappa shape index (κ2) is 7.47. The first-order valence-electron chi connectivity index (χ1n) is 10.1. The van der Waals surface area contributed by atoms with Gasteiger partial charge in [0, 0.05) is 35.0 Å². The molecule has 1 amide bonds. The molecule has 2 aromatic carbocycles. The van der Waals surface area contributed by atoms with E-state index in [4.69, 9.17) is 9.47 Å². The lowest BCUT2D eigenvalue weighted by Crippen LogP contribution is -2.41. The van der Waals surface area contributed by atoms with Crippen molar-refractivity contribution in [2.45, 2.75) is 52.0 Å². The maximum absolute atomic E-state index is 12.9. The van der Waals surface area contributed by atoms with Crippen LogP contribution >= 0.6 is 0 Å². The first kappa shape index (κ1) is 19.4. The summed E-state index contributed by atoms with van der Waals surface area (Å²) in [6.45, 7) is 8.39. The third-order valence-electron chi connectivity index (χ3n) is 5.29. The number of aromatic nitrogens is 1. The number of benzene rings is 2. The van der Waals surface area contributed by atoms with Crippen molar-refractivity contribution in [1.82, 2.24) is 10.3 Å². The lowest BCUT2D eigenvalue weighted by molar-refractivity contribution is -0.122. The van der Waals surface area contributed by atoms with E-state index in [-0.39, 0.29) is 24.2 Å². The van der Waals surface area contributed by atoms with Crippen LogP contribution in [0.25, 0.3) is 10.9 Å². The number of hydrogen-bond acceptors (Lipinski definition) is 3. The number of para-hydroxylation sites is 1. The fourth-order valence-electron chi connectivity index (χ4n) is 4.01. The topological polar surface area (TPSA) is 63.4 Å². The number of nitrogens with one attached hydrogen (secondary N) is 2. The Morgan fingerprint density at radius 2 is 1.97 bits per heavy atom. The molecule has 0 saturated carbocycles. The highest BCUT2D eigenvalue weighted by Crippen LogP contribution is 2.40. The molecule has 1 aliphatic rings. The molecular weight excluding hydrogens is 364 g/mol. The molecule has 0 bridgehead atoms. The van der Waals surface area contributed by atoms with Crippen LogP contribution in [0.5, 0.6) is 11.5 Å². The molecule has 5 nitrogen and oxygen atoms in total. The van der Waals surface area contributed by atoms with Crippen molar-refractivity contribution in [3.8, 4) is 11.5 Å². The van der Waals surface area contributed by atoms with E-state index in [1.165, 1.54) is 5.56 Å². The summed E-state index contributed by atoms with van der Waals surface area (Å²) in [7, 11) is 0. The normalized spacial score (nSPS) is 14.2. The molecule has 5 heteroatoms. The molecular formula is C24H28N2O3. The SMILES string of the molecule is CCc1cccc2c(C(CC(=O)NC(C)(C)C)c3ccc4c(c3)OCO4)c[nH]c12. The predicted octanol–water partition coefficient (Wildman–Crippen LogP) is 4.90. The number of carbonyl (C=O) groups excluding carboxylic acids is 1. The van der Waals surface area contributed by atoms with Gasteiger partial charge in [-0.15, -0.1) is 0 Å². The number of ether oxygens (including phenoxy) is 2. The predicted molar refractivity (Wildman–Crippen MR) is 115 cm³/mol. The van der Waals surface area contributed by atoms with Crippen LogP contribution in [0.1, 0.15) is 56.7 Å². The molecule has 0 radical (unpaired) electrons. The molecule has 0 saturated heterocycles. The van der Waals surface area contributed by atoms with Crippen molar-refractivity contribution in [3.05, 3.63) is 59.3 Å². The van der Waals surface area contributed by atoms with Crippen molar-refractivity contribution < 1.29 is 14.3 Å². The lowest BCUT2D eigenvalue weighted by Gasteiger charge is -2.23. The summed E-state index contributed by atoms with van der Waals surface area (Å²) in [5.41, 5.74) is 4.31. The standard InChI is InChI=1S/C24H28N2O3/c1-5-15-7-6-8-17-19(13-25-23(15)17)18(12-22(27)26-24(2,3)4)16-9-10-20-21(11-16)29-14-28-20/h6-11,13,18,25H,5,12,14H2,1-4H3,(H,26,27). The van der Waals surface area contributed by atoms with Crippen molar-refractivity contribution in [2.75, 3.05) is 6.79 Å². The Morgan fingerprint density at radius 3 is 2.72 bits per heavy atom. The lowest BCUT2D eigenvalue weighted by atomic mass is 9.87. The van der Waals surface area contributed by atoms with Gasteiger partial charge in [-0.3, -0.25) is 4.79 Å². The van der Waals surface area contributed by atoms with Crippen molar-refractivity contribution in [3.63, 3.8) is 0 Å². The third-order valence-corrected chi connectivity index (χ3v) is 5.29. The molecule has 0 aliphatic carbocycles. The number of H-pyrrole nitrogens is 1. The molecule has 1 aliphatic heterocycles. The van der Waals surface area contributed by atoms with Crippen molar-refractivity contribution in [2.24, 2.45) is 0 Å². The molecule has 1 aromatic heterocycles. The highest BCUT2D eigenvalue weighted by molar-refractivity contribution is 5.88. The smallest absolute Gasteiger partial charge is 0.231 e.